The number of hydrogen-bond donors (Lipinski definition) is 1. The zero-order chi connectivity index (χ0) is 22.0. The number of rotatable bonds is 6. The summed E-state index contributed by atoms with van der Waals surface area (Å²) in [5.74, 6) is -2.03. The molecule has 2 heterocycles. The molecule has 8 heteroatoms. The number of benzene rings is 1. The lowest BCUT2D eigenvalue weighted by molar-refractivity contribution is -0.140. The van der Waals surface area contributed by atoms with Gasteiger partial charge in [-0.25, -0.2) is 14.4 Å². The summed E-state index contributed by atoms with van der Waals surface area (Å²) >= 11 is 0. The quantitative estimate of drug-likeness (QED) is 0.446. The lowest BCUT2D eigenvalue weighted by atomic mass is 9.95. The van der Waals surface area contributed by atoms with Gasteiger partial charge in [-0.05, 0) is 47.0 Å². The Labute approximate surface area is 174 Å². The Kier molecular flexibility index (Phi) is 6.26. The number of hydrogen-bond acceptors (Lipinski definition) is 6. The average Bonchev–Trinajstić information content (AvgIpc) is 2.92. The molecule has 0 saturated carbocycles. The predicted molar refractivity (Wildman–Crippen MR) is 110 cm³/mol. The zero-order valence-electron chi connectivity index (χ0n) is 17.5. The number of ketones is 1. The second-order valence-electron chi connectivity index (χ2n) is 7.59. The molecule has 0 unspecified atom stereocenters. The van der Waals surface area contributed by atoms with E-state index in [1.165, 1.54) is 29.3 Å². The molecule has 0 bridgehead atoms. The van der Waals surface area contributed by atoms with Crippen molar-refractivity contribution in [2.75, 3.05) is 27.2 Å². The Bertz CT molecular complexity index is 1020. The predicted octanol–water partition coefficient (Wildman–Crippen LogP) is 2.61. The van der Waals surface area contributed by atoms with Crippen molar-refractivity contribution in [1.29, 1.82) is 0 Å². The molecule has 1 N–H and O–H groups in total. The topological polar surface area (TPSA) is 86.6 Å². The Hall–Kier alpha value is -3.13. The average molecular weight is 412 g/mol. The van der Waals surface area contributed by atoms with Gasteiger partial charge >= 0.3 is 0 Å². The summed E-state index contributed by atoms with van der Waals surface area (Å²) in [5, 5.41) is 11.0. The minimum atomic E-state index is -1.02. The van der Waals surface area contributed by atoms with Crippen molar-refractivity contribution in [2.45, 2.75) is 26.3 Å². The number of carbonyl (C=O) groups is 2. The van der Waals surface area contributed by atoms with Crippen LogP contribution in [-0.4, -0.2) is 63.7 Å². The highest BCUT2D eigenvalue weighted by Crippen LogP contribution is 2.40. The van der Waals surface area contributed by atoms with Crippen LogP contribution in [0.3, 0.4) is 0 Å². The van der Waals surface area contributed by atoms with Gasteiger partial charge in [0, 0.05) is 18.3 Å². The fraction of sp³-hybridized carbons (Fsp3) is 0.364. The molecule has 1 aliphatic heterocycles. The van der Waals surface area contributed by atoms with Crippen LogP contribution < -0.4 is 0 Å². The molecule has 1 aromatic heterocycles. The summed E-state index contributed by atoms with van der Waals surface area (Å²) in [6.07, 6.45) is 2.00. The Morgan fingerprint density at radius 2 is 1.93 bits per heavy atom. The largest absolute Gasteiger partial charge is 0.507 e. The van der Waals surface area contributed by atoms with Crippen LogP contribution in [0, 0.1) is 19.7 Å². The van der Waals surface area contributed by atoms with Crippen LogP contribution in [0.1, 0.15) is 35.1 Å². The smallest absolute Gasteiger partial charge is 0.295 e. The molecule has 1 amide bonds. The maximum absolute atomic E-state index is 14.7. The third-order valence-corrected chi connectivity index (χ3v) is 5.10. The Balaban J connectivity index is 2.15. The van der Waals surface area contributed by atoms with E-state index >= 15 is 0 Å². The molecule has 1 aliphatic rings. The molecule has 30 heavy (non-hydrogen) atoms. The van der Waals surface area contributed by atoms with Gasteiger partial charge in [0.15, 0.2) is 0 Å². The number of carbonyl (C=O) groups excluding carboxylic acids is 2. The van der Waals surface area contributed by atoms with Crippen molar-refractivity contribution in [3.05, 3.63) is 64.5 Å². The van der Waals surface area contributed by atoms with Crippen LogP contribution in [0.5, 0.6) is 0 Å². The lowest BCUT2D eigenvalue weighted by Crippen LogP contribution is -2.32. The van der Waals surface area contributed by atoms with E-state index in [9.17, 15) is 19.1 Å². The first-order valence-corrected chi connectivity index (χ1v) is 9.70. The van der Waals surface area contributed by atoms with Crippen molar-refractivity contribution >= 4 is 17.4 Å². The third-order valence-electron chi connectivity index (χ3n) is 5.10. The maximum Gasteiger partial charge on any atom is 0.295 e. The molecular formula is C22H25FN4O3. The van der Waals surface area contributed by atoms with Gasteiger partial charge in [-0.1, -0.05) is 18.2 Å². The first kappa shape index (κ1) is 21.6. The molecule has 0 radical (unpaired) electrons. The van der Waals surface area contributed by atoms with Gasteiger partial charge in [0.1, 0.15) is 17.4 Å². The van der Waals surface area contributed by atoms with E-state index in [0.717, 1.165) is 0 Å². The van der Waals surface area contributed by atoms with E-state index in [1.807, 2.05) is 19.0 Å². The fourth-order valence-corrected chi connectivity index (χ4v) is 3.65. The first-order chi connectivity index (χ1) is 14.2. The molecule has 158 valence electrons. The third kappa shape index (κ3) is 4.09. The van der Waals surface area contributed by atoms with Crippen molar-refractivity contribution in [2.24, 2.45) is 0 Å². The molecule has 1 saturated heterocycles. The summed E-state index contributed by atoms with van der Waals surface area (Å²) < 4.78 is 14.7. The maximum atomic E-state index is 14.7. The molecule has 0 aliphatic carbocycles. The van der Waals surface area contributed by atoms with E-state index in [4.69, 9.17) is 0 Å². The molecule has 1 atom stereocenters. The van der Waals surface area contributed by atoms with E-state index in [-0.39, 0.29) is 23.2 Å². The van der Waals surface area contributed by atoms with Gasteiger partial charge in [-0.3, -0.25) is 9.59 Å². The number of aryl methyl sites for hydroxylation is 2. The number of aromatic nitrogens is 2. The van der Waals surface area contributed by atoms with Crippen LogP contribution in [0.4, 0.5) is 4.39 Å². The van der Waals surface area contributed by atoms with Crippen LogP contribution in [0.2, 0.25) is 0 Å². The molecule has 0 spiro atoms. The summed E-state index contributed by atoms with van der Waals surface area (Å²) in [6, 6.07) is 4.95. The van der Waals surface area contributed by atoms with Crippen molar-refractivity contribution in [3.8, 4) is 0 Å². The Morgan fingerprint density at radius 3 is 2.57 bits per heavy atom. The van der Waals surface area contributed by atoms with Crippen molar-refractivity contribution in [3.63, 3.8) is 0 Å². The first-order valence-electron chi connectivity index (χ1n) is 9.70. The van der Waals surface area contributed by atoms with Gasteiger partial charge in [0.25, 0.3) is 11.7 Å². The Morgan fingerprint density at radius 1 is 1.23 bits per heavy atom. The second kappa shape index (κ2) is 8.71. The van der Waals surface area contributed by atoms with Gasteiger partial charge < -0.3 is 14.9 Å². The van der Waals surface area contributed by atoms with Crippen molar-refractivity contribution in [1.82, 2.24) is 19.8 Å². The molecule has 3 rings (SSSR count). The summed E-state index contributed by atoms with van der Waals surface area (Å²) in [7, 11) is 3.81. The standard InChI is InChI=1S/C22H25FN4O3/c1-13-16(12-24-14(2)25-13)20(28)18-19(15-8-5-6-9-17(15)23)27(22(30)21(18)29)11-7-10-26(3)4/h5-6,8-9,12,19,28H,7,10-11H2,1-4H3/t19-/m1/s1. The van der Waals surface area contributed by atoms with E-state index in [0.29, 0.717) is 24.5 Å². The van der Waals surface area contributed by atoms with Gasteiger partial charge in [0.05, 0.1) is 22.9 Å². The lowest BCUT2D eigenvalue weighted by Gasteiger charge is -2.26. The summed E-state index contributed by atoms with van der Waals surface area (Å²) in [6.45, 7) is 4.33. The number of amides is 1. The minimum Gasteiger partial charge on any atom is -0.507 e. The summed E-state index contributed by atoms with van der Waals surface area (Å²) in [5.41, 5.74) is 0.721. The fourth-order valence-electron chi connectivity index (χ4n) is 3.65. The van der Waals surface area contributed by atoms with Crippen LogP contribution in [0.15, 0.2) is 36.0 Å². The monoisotopic (exact) mass is 412 g/mol. The molecule has 1 fully saturated rings. The highest BCUT2D eigenvalue weighted by Gasteiger charge is 2.46. The van der Waals surface area contributed by atoms with Gasteiger partial charge in [-0.15, -0.1) is 0 Å². The number of likely N-dealkylation sites (tertiary alicyclic amines) is 1. The van der Waals surface area contributed by atoms with Gasteiger partial charge in [0.2, 0.25) is 0 Å². The minimum absolute atomic E-state index is 0.148. The molecule has 7 nitrogen and oxygen atoms in total. The van der Waals surface area contributed by atoms with Crippen LogP contribution in [0.25, 0.3) is 5.76 Å². The van der Waals surface area contributed by atoms with Crippen LogP contribution >= 0.6 is 0 Å². The zero-order valence-corrected chi connectivity index (χ0v) is 17.5. The van der Waals surface area contributed by atoms with E-state index in [2.05, 4.69) is 9.97 Å². The van der Waals surface area contributed by atoms with Gasteiger partial charge in [-0.2, -0.15) is 0 Å². The highest BCUT2D eigenvalue weighted by molar-refractivity contribution is 6.46. The number of aliphatic hydroxyl groups is 1. The molecule has 2 aromatic rings. The van der Waals surface area contributed by atoms with Crippen LogP contribution in [-0.2, 0) is 9.59 Å². The molecular weight excluding hydrogens is 387 g/mol. The summed E-state index contributed by atoms with van der Waals surface area (Å²) in [4.78, 5) is 37.3. The number of nitrogens with zero attached hydrogens (tertiary/aromatic N) is 4. The normalized spacial score (nSPS) is 18.5. The van der Waals surface area contributed by atoms with E-state index in [1.54, 1.807) is 19.9 Å². The molecule has 1 aromatic carbocycles. The second-order valence-corrected chi connectivity index (χ2v) is 7.59. The van der Waals surface area contributed by atoms with Crippen molar-refractivity contribution < 1.29 is 19.1 Å². The number of Topliss-reactive ketones (excluding diaryl/α,β-unsaturated/α-hetero) is 1. The number of aliphatic hydroxyl groups excluding tert-OH is 1. The van der Waals surface area contributed by atoms with E-state index < -0.39 is 29.3 Å². The highest BCUT2D eigenvalue weighted by atomic mass is 19.1. The number of halogens is 1. The SMILES string of the molecule is Cc1ncc(C(O)=C2C(=O)C(=O)N(CCCN(C)C)[C@@H]2c2ccccc2F)c(C)n1.